The molecule has 0 spiro atoms. The first-order valence-electron chi connectivity index (χ1n) is 6.93. The predicted octanol–water partition coefficient (Wildman–Crippen LogP) is 3.94. The summed E-state index contributed by atoms with van der Waals surface area (Å²) in [6, 6.07) is 17.6. The van der Waals surface area contributed by atoms with Crippen LogP contribution in [0.25, 0.3) is 21.6 Å². The van der Waals surface area contributed by atoms with Crippen molar-refractivity contribution in [1.82, 2.24) is 0 Å². The molecule has 0 radical (unpaired) electrons. The van der Waals surface area contributed by atoms with E-state index in [-0.39, 0.29) is 22.6 Å². The number of hydrogen-bond acceptors (Lipinski definition) is 3. The lowest BCUT2D eigenvalue weighted by Gasteiger charge is -2.16. The summed E-state index contributed by atoms with van der Waals surface area (Å²) in [4.78, 5) is 28.0. The summed E-state index contributed by atoms with van der Waals surface area (Å²) in [5.74, 6) is -0.801. The van der Waals surface area contributed by atoms with Gasteiger partial charge in [-0.25, -0.2) is 0 Å². The monoisotopic (exact) mass is 301 g/mol. The fourth-order valence-electron chi connectivity index (χ4n) is 2.48. The van der Waals surface area contributed by atoms with E-state index in [1.165, 1.54) is 6.08 Å². The molecular formula is C18H11N3O2. The molecule has 2 aromatic rings. The van der Waals surface area contributed by atoms with Crippen LogP contribution in [0.5, 0.6) is 0 Å². The van der Waals surface area contributed by atoms with E-state index in [0.29, 0.717) is 11.1 Å². The molecule has 5 heteroatoms. The molecule has 1 aliphatic rings. The second-order valence-electron chi connectivity index (χ2n) is 4.90. The maximum Gasteiger partial charge on any atom is 0.196 e. The maximum absolute atomic E-state index is 12.7. The average molecular weight is 301 g/mol. The van der Waals surface area contributed by atoms with E-state index in [4.69, 9.17) is 5.53 Å². The molecule has 110 valence electrons. The zero-order valence-electron chi connectivity index (χ0n) is 12.0. The van der Waals surface area contributed by atoms with Gasteiger partial charge >= 0.3 is 0 Å². The van der Waals surface area contributed by atoms with Crippen LogP contribution in [-0.4, -0.2) is 11.6 Å². The lowest BCUT2D eigenvalue weighted by Crippen LogP contribution is -2.17. The molecule has 0 unspecified atom stereocenters. The first kappa shape index (κ1) is 14.5. The fraction of sp³-hybridized carbons (Fsp3) is 0. The summed E-state index contributed by atoms with van der Waals surface area (Å²) in [6.07, 6.45) is 1.30. The van der Waals surface area contributed by atoms with Gasteiger partial charge in [-0.3, -0.25) is 9.59 Å². The van der Waals surface area contributed by atoms with Crippen molar-refractivity contribution in [2.75, 3.05) is 0 Å². The van der Waals surface area contributed by atoms with E-state index in [1.807, 2.05) is 6.07 Å². The molecule has 0 fully saturated rings. The second kappa shape index (κ2) is 6.13. The van der Waals surface area contributed by atoms with E-state index in [1.54, 1.807) is 54.6 Å². The number of ketones is 2. The third-order valence-electron chi connectivity index (χ3n) is 3.51. The Bertz CT molecular complexity index is 890. The molecule has 0 heterocycles. The Hall–Kier alpha value is -3.43. The third kappa shape index (κ3) is 2.69. The van der Waals surface area contributed by atoms with Crippen molar-refractivity contribution in [3.8, 4) is 0 Å². The van der Waals surface area contributed by atoms with Crippen LogP contribution in [-0.2, 0) is 9.59 Å². The number of hydrogen-bond donors (Lipinski definition) is 0. The van der Waals surface area contributed by atoms with Crippen molar-refractivity contribution in [2.24, 2.45) is 5.11 Å². The standard InChI is InChI=1S/C18H11N3O2/c19-21-20-17-16(13-9-5-2-6-10-13)15(22)11-14(18(17)23)12-7-3-1-4-8-12/h1-11H. The minimum atomic E-state index is -0.451. The molecule has 23 heavy (non-hydrogen) atoms. The summed E-state index contributed by atoms with van der Waals surface area (Å²) < 4.78 is 0. The summed E-state index contributed by atoms with van der Waals surface area (Å²) in [5, 5.41) is 3.50. The highest BCUT2D eigenvalue weighted by molar-refractivity contribution is 6.45. The van der Waals surface area contributed by atoms with Crippen LogP contribution in [0.1, 0.15) is 11.1 Å². The van der Waals surface area contributed by atoms with Crippen LogP contribution in [0.3, 0.4) is 0 Å². The number of carbonyl (C=O) groups is 2. The number of benzene rings is 2. The van der Waals surface area contributed by atoms with Gasteiger partial charge in [0.2, 0.25) is 0 Å². The molecule has 5 nitrogen and oxygen atoms in total. The summed E-state index contributed by atoms with van der Waals surface area (Å²) in [7, 11) is 0. The average Bonchev–Trinajstić information content (AvgIpc) is 2.59. The minimum absolute atomic E-state index is 0.132. The third-order valence-corrected chi connectivity index (χ3v) is 3.51. The van der Waals surface area contributed by atoms with E-state index >= 15 is 0 Å². The number of carbonyl (C=O) groups excluding carboxylic acids is 2. The van der Waals surface area contributed by atoms with Crippen molar-refractivity contribution in [3.63, 3.8) is 0 Å². The highest BCUT2D eigenvalue weighted by atomic mass is 16.1. The largest absolute Gasteiger partial charge is 0.289 e. The zero-order chi connectivity index (χ0) is 16.2. The Morgan fingerprint density at radius 3 is 1.96 bits per heavy atom. The smallest absolute Gasteiger partial charge is 0.196 e. The van der Waals surface area contributed by atoms with Crippen molar-refractivity contribution >= 4 is 22.7 Å². The van der Waals surface area contributed by atoms with Gasteiger partial charge in [0.1, 0.15) is 0 Å². The van der Waals surface area contributed by atoms with E-state index in [9.17, 15) is 9.59 Å². The van der Waals surface area contributed by atoms with Crippen LogP contribution < -0.4 is 0 Å². The van der Waals surface area contributed by atoms with E-state index in [0.717, 1.165) is 0 Å². The fourth-order valence-corrected chi connectivity index (χ4v) is 2.48. The Balaban J connectivity index is 2.18. The topological polar surface area (TPSA) is 82.9 Å². The predicted molar refractivity (Wildman–Crippen MR) is 86.9 cm³/mol. The SMILES string of the molecule is [N-]=[N+]=NC1=C(c2ccccc2)C(=O)C=C(c2ccccc2)C1=O. The lowest BCUT2D eigenvalue weighted by molar-refractivity contribution is -0.113. The van der Waals surface area contributed by atoms with Crippen molar-refractivity contribution in [1.29, 1.82) is 0 Å². The Morgan fingerprint density at radius 1 is 0.826 bits per heavy atom. The number of rotatable bonds is 3. The number of azide groups is 1. The first-order valence-corrected chi connectivity index (χ1v) is 6.93. The van der Waals surface area contributed by atoms with Crippen LogP contribution in [0, 0.1) is 0 Å². The van der Waals surface area contributed by atoms with Gasteiger partial charge in [0.15, 0.2) is 11.6 Å². The second-order valence-corrected chi connectivity index (χ2v) is 4.90. The van der Waals surface area contributed by atoms with Crippen LogP contribution in [0.4, 0.5) is 0 Å². The number of nitrogens with zero attached hydrogens (tertiary/aromatic N) is 3. The molecule has 0 saturated carbocycles. The summed E-state index contributed by atoms with van der Waals surface area (Å²) in [5.41, 5.74) is 10.2. The van der Waals surface area contributed by atoms with Crippen molar-refractivity contribution < 1.29 is 9.59 Å². The Morgan fingerprint density at radius 2 is 1.39 bits per heavy atom. The molecule has 2 aromatic carbocycles. The molecule has 0 saturated heterocycles. The molecular weight excluding hydrogens is 290 g/mol. The minimum Gasteiger partial charge on any atom is -0.289 e. The molecule has 1 aliphatic carbocycles. The lowest BCUT2D eigenvalue weighted by atomic mass is 9.87. The molecule has 3 rings (SSSR count). The molecule has 0 aromatic heterocycles. The Labute approximate surface area is 132 Å². The summed E-state index contributed by atoms with van der Waals surface area (Å²) >= 11 is 0. The van der Waals surface area contributed by atoms with Gasteiger partial charge < -0.3 is 0 Å². The molecule has 0 aliphatic heterocycles. The zero-order valence-corrected chi connectivity index (χ0v) is 12.0. The molecule has 0 amide bonds. The van der Waals surface area contributed by atoms with Crippen LogP contribution >= 0.6 is 0 Å². The van der Waals surface area contributed by atoms with Gasteiger partial charge in [0.25, 0.3) is 0 Å². The van der Waals surface area contributed by atoms with Gasteiger partial charge in [-0.1, -0.05) is 65.8 Å². The van der Waals surface area contributed by atoms with E-state index in [2.05, 4.69) is 10.0 Å². The first-order chi connectivity index (χ1) is 11.2. The van der Waals surface area contributed by atoms with Gasteiger partial charge in [-0.05, 0) is 22.7 Å². The molecule has 0 bridgehead atoms. The molecule has 0 atom stereocenters. The molecule has 0 N–H and O–H groups in total. The maximum atomic E-state index is 12.7. The van der Waals surface area contributed by atoms with Gasteiger partial charge in [-0.2, -0.15) is 0 Å². The van der Waals surface area contributed by atoms with Gasteiger partial charge in [-0.15, -0.1) is 0 Å². The normalized spacial score (nSPS) is 14.3. The van der Waals surface area contributed by atoms with Crippen LogP contribution in [0.15, 0.2) is 77.6 Å². The van der Waals surface area contributed by atoms with Gasteiger partial charge in [0, 0.05) is 16.1 Å². The number of Topliss-reactive ketones (excluding diaryl/α,β-unsaturated/α-hetero) is 1. The highest BCUT2D eigenvalue weighted by Gasteiger charge is 2.29. The quantitative estimate of drug-likeness (QED) is 0.372. The highest BCUT2D eigenvalue weighted by Crippen LogP contribution is 2.32. The number of allylic oxidation sites excluding steroid dienone is 3. The van der Waals surface area contributed by atoms with Crippen molar-refractivity contribution in [3.05, 3.63) is 94.0 Å². The Kier molecular flexibility index (Phi) is 3.87. The summed E-state index contributed by atoms with van der Waals surface area (Å²) in [6.45, 7) is 0. The van der Waals surface area contributed by atoms with Crippen molar-refractivity contribution in [2.45, 2.75) is 0 Å². The van der Waals surface area contributed by atoms with Crippen LogP contribution in [0.2, 0.25) is 0 Å². The van der Waals surface area contributed by atoms with Gasteiger partial charge in [0.05, 0.1) is 5.70 Å². The van der Waals surface area contributed by atoms with E-state index < -0.39 is 5.78 Å².